The number of fused-ring (bicyclic) bond motifs is 4. The van der Waals surface area contributed by atoms with E-state index in [0.717, 1.165) is 23.8 Å². The lowest BCUT2D eigenvalue weighted by Gasteiger charge is -2.60. The minimum absolute atomic E-state index is 0.570. The summed E-state index contributed by atoms with van der Waals surface area (Å²) in [6.07, 6.45) is 13.4. The summed E-state index contributed by atoms with van der Waals surface area (Å²) >= 11 is 0. The average molecular weight is 332 g/mol. The molecule has 5 atom stereocenters. The molecule has 0 aromatic heterocycles. The summed E-state index contributed by atoms with van der Waals surface area (Å²) in [4.78, 5) is 2.87. The van der Waals surface area contributed by atoms with Crippen LogP contribution in [0.5, 0.6) is 0 Å². The standard InChI is InChI=1S/C23H41N/c1-21(2)13-19-14-23(5,15-21)16-24(19)11-7-6-8-17-9-10-18-12-20(17)22(18,3)4/h17-20H,6-16H2,1-5H3/t17-,18?,19?,20+,23?/m1/s1. The van der Waals surface area contributed by atoms with Crippen LogP contribution >= 0.6 is 0 Å². The van der Waals surface area contributed by atoms with Crippen molar-refractivity contribution in [3.63, 3.8) is 0 Å². The maximum atomic E-state index is 2.87. The van der Waals surface area contributed by atoms with Crippen molar-refractivity contribution in [1.29, 1.82) is 0 Å². The lowest BCUT2D eigenvalue weighted by molar-refractivity contribution is -0.107. The molecule has 5 fully saturated rings. The van der Waals surface area contributed by atoms with Gasteiger partial charge in [-0.1, -0.05) is 47.5 Å². The third-order valence-electron chi connectivity index (χ3n) is 8.79. The van der Waals surface area contributed by atoms with Gasteiger partial charge in [-0.3, -0.25) is 4.90 Å². The Morgan fingerprint density at radius 2 is 1.75 bits per heavy atom. The highest BCUT2D eigenvalue weighted by atomic mass is 15.2. The maximum Gasteiger partial charge on any atom is 0.0106 e. The molecule has 0 radical (unpaired) electrons. The predicted octanol–water partition coefficient (Wildman–Crippen LogP) is 6.13. The molecule has 4 aliphatic carbocycles. The SMILES string of the molecule is CC1(C)CC2CC(C)(CN2CCCC[C@@H]2CCC3C[C@@H]2C3(C)C)C1. The molecule has 1 heteroatoms. The molecule has 0 N–H and O–H groups in total. The fraction of sp³-hybridized carbons (Fsp3) is 1.00. The smallest absolute Gasteiger partial charge is 0.0106 e. The van der Waals surface area contributed by atoms with Crippen LogP contribution in [0.3, 0.4) is 0 Å². The molecule has 5 aliphatic rings. The highest BCUT2D eigenvalue weighted by molar-refractivity contribution is 5.04. The Balaban J connectivity index is 1.23. The van der Waals surface area contributed by atoms with Gasteiger partial charge in [0.15, 0.2) is 0 Å². The van der Waals surface area contributed by atoms with Crippen molar-refractivity contribution in [3.05, 3.63) is 0 Å². The van der Waals surface area contributed by atoms with Gasteiger partial charge in [0.05, 0.1) is 0 Å². The molecule has 3 unspecified atom stereocenters. The predicted molar refractivity (Wildman–Crippen MR) is 103 cm³/mol. The molecule has 1 nitrogen and oxygen atoms in total. The molecular weight excluding hydrogens is 290 g/mol. The zero-order valence-corrected chi connectivity index (χ0v) is 17.0. The van der Waals surface area contributed by atoms with Crippen molar-refractivity contribution < 1.29 is 0 Å². The summed E-state index contributed by atoms with van der Waals surface area (Å²) in [6, 6.07) is 0.889. The van der Waals surface area contributed by atoms with Crippen LogP contribution in [0.15, 0.2) is 0 Å². The Morgan fingerprint density at radius 1 is 0.958 bits per heavy atom. The normalized spacial score (nSPS) is 45.9. The summed E-state index contributed by atoms with van der Waals surface area (Å²) in [5.74, 6) is 3.17. The van der Waals surface area contributed by atoms with Gasteiger partial charge in [-0.2, -0.15) is 0 Å². The Kier molecular flexibility index (Phi) is 4.15. The summed E-state index contributed by atoms with van der Waals surface area (Å²) in [6.45, 7) is 15.4. The van der Waals surface area contributed by atoms with Gasteiger partial charge in [-0.05, 0) is 85.5 Å². The van der Waals surface area contributed by atoms with Gasteiger partial charge in [0.25, 0.3) is 0 Å². The first-order chi connectivity index (χ1) is 11.2. The molecule has 0 spiro atoms. The van der Waals surface area contributed by atoms with E-state index in [1.54, 1.807) is 6.42 Å². The van der Waals surface area contributed by atoms with Gasteiger partial charge >= 0.3 is 0 Å². The van der Waals surface area contributed by atoms with Gasteiger partial charge in [0.2, 0.25) is 0 Å². The molecule has 0 aromatic carbocycles. The van der Waals surface area contributed by atoms with Crippen molar-refractivity contribution in [3.8, 4) is 0 Å². The zero-order valence-electron chi connectivity index (χ0n) is 17.0. The number of rotatable bonds is 5. The van der Waals surface area contributed by atoms with E-state index in [2.05, 4.69) is 39.5 Å². The molecule has 138 valence electrons. The largest absolute Gasteiger partial charge is 0.300 e. The van der Waals surface area contributed by atoms with Crippen molar-refractivity contribution in [2.45, 2.75) is 98.4 Å². The average Bonchev–Trinajstić information content (AvgIpc) is 2.72. The molecule has 1 heterocycles. The van der Waals surface area contributed by atoms with E-state index in [4.69, 9.17) is 0 Å². The molecule has 4 saturated carbocycles. The van der Waals surface area contributed by atoms with Crippen LogP contribution in [0, 0.1) is 34.0 Å². The van der Waals surface area contributed by atoms with Gasteiger partial charge in [-0.15, -0.1) is 0 Å². The minimum Gasteiger partial charge on any atom is -0.300 e. The lowest BCUT2D eigenvalue weighted by atomic mass is 9.45. The Labute approximate surface area is 151 Å². The van der Waals surface area contributed by atoms with Crippen LogP contribution < -0.4 is 0 Å². The van der Waals surface area contributed by atoms with Crippen LogP contribution in [0.25, 0.3) is 0 Å². The van der Waals surface area contributed by atoms with E-state index >= 15 is 0 Å². The third kappa shape index (κ3) is 2.97. The number of hydrogen-bond donors (Lipinski definition) is 0. The van der Waals surface area contributed by atoms with Gasteiger partial charge in [0.1, 0.15) is 0 Å². The quantitative estimate of drug-likeness (QED) is 0.548. The van der Waals surface area contributed by atoms with E-state index in [-0.39, 0.29) is 0 Å². The first kappa shape index (κ1) is 17.4. The minimum atomic E-state index is 0.570. The Bertz CT molecular complexity index is 476. The number of likely N-dealkylation sites (tertiary alicyclic amines) is 1. The molecule has 0 amide bonds. The number of unbranched alkanes of at least 4 members (excludes halogenated alkanes) is 1. The van der Waals surface area contributed by atoms with Crippen molar-refractivity contribution in [2.75, 3.05) is 13.1 Å². The summed E-state index contributed by atoms with van der Waals surface area (Å²) in [5, 5.41) is 0. The molecule has 0 aromatic rings. The van der Waals surface area contributed by atoms with Crippen LogP contribution in [-0.4, -0.2) is 24.0 Å². The fourth-order valence-corrected chi connectivity index (χ4v) is 7.87. The summed E-state index contributed by atoms with van der Waals surface area (Å²) in [7, 11) is 0. The van der Waals surface area contributed by atoms with Gasteiger partial charge in [0, 0.05) is 12.6 Å². The van der Waals surface area contributed by atoms with Crippen LogP contribution in [-0.2, 0) is 0 Å². The van der Waals surface area contributed by atoms with Gasteiger partial charge in [-0.25, -0.2) is 0 Å². The molecule has 5 rings (SSSR count). The van der Waals surface area contributed by atoms with E-state index in [1.807, 2.05) is 0 Å². The van der Waals surface area contributed by atoms with Crippen molar-refractivity contribution in [1.82, 2.24) is 4.90 Å². The topological polar surface area (TPSA) is 3.24 Å². The van der Waals surface area contributed by atoms with E-state index in [1.165, 1.54) is 64.5 Å². The highest BCUT2D eigenvalue weighted by Crippen LogP contribution is 2.62. The third-order valence-corrected chi connectivity index (χ3v) is 8.79. The Hall–Kier alpha value is -0.0400. The lowest BCUT2D eigenvalue weighted by Crippen LogP contribution is -2.52. The molecule has 1 aliphatic heterocycles. The molecule has 1 saturated heterocycles. The molecule has 24 heavy (non-hydrogen) atoms. The first-order valence-corrected chi connectivity index (χ1v) is 10.9. The van der Waals surface area contributed by atoms with Crippen LogP contribution in [0.1, 0.15) is 92.4 Å². The Morgan fingerprint density at radius 3 is 2.46 bits per heavy atom. The van der Waals surface area contributed by atoms with Crippen LogP contribution in [0.2, 0.25) is 0 Å². The fourth-order valence-electron chi connectivity index (χ4n) is 7.87. The molecule has 4 bridgehead atoms. The van der Waals surface area contributed by atoms with E-state index in [9.17, 15) is 0 Å². The van der Waals surface area contributed by atoms with E-state index in [0.29, 0.717) is 16.2 Å². The highest BCUT2D eigenvalue weighted by Gasteiger charge is 2.53. The summed E-state index contributed by atoms with van der Waals surface area (Å²) in [5.41, 5.74) is 1.86. The first-order valence-electron chi connectivity index (χ1n) is 10.9. The van der Waals surface area contributed by atoms with Crippen LogP contribution in [0.4, 0.5) is 0 Å². The molecular formula is C23H41N. The number of hydrogen-bond acceptors (Lipinski definition) is 1. The second-order valence-electron chi connectivity index (χ2n) is 11.9. The van der Waals surface area contributed by atoms with E-state index < -0.39 is 0 Å². The maximum absolute atomic E-state index is 2.87. The number of nitrogens with zero attached hydrogens (tertiary/aromatic N) is 1. The van der Waals surface area contributed by atoms with Crippen molar-refractivity contribution in [2.24, 2.45) is 34.0 Å². The summed E-state index contributed by atoms with van der Waals surface area (Å²) < 4.78 is 0. The monoisotopic (exact) mass is 331 g/mol. The second-order valence-corrected chi connectivity index (χ2v) is 11.9. The van der Waals surface area contributed by atoms with Crippen molar-refractivity contribution >= 4 is 0 Å². The zero-order chi connectivity index (χ0) is 17.2. The van der Waals surface area contributed by atoms with Gasteiger partial charge < -0.3 is 0 Å². The second kappa shape index (κ2) is 5.73.